The van der Waals surface area contributed by atoms with Gasteiger partial charge in [-0.25, -0.2) is 0 Å². The maximum absolute atomic E-state index is 5.66. The van der Waals surface area contributed by atoms with E-state index in [0.29, 0.717) is 0 Å². The molecule has 2 nitrogen and oxygen atoms in total. The number of benzene rings is 1. The molecule has 2 N–H and O–H groups in total. The van der Waals surface area contributed by atoms with Crippen LogP contribution in [-0.2, 0) is 0 Å². The molecular formula is C7H7BrINO. The van der Waals surface area contributed by atoms with E-state index >= 15 is 0 Å². The second kappa shape index (κ2) is 3.62. The lowest BCUT2D eigenvalue weighted by Crippen LogP contribution is -1.92. The zero-order valence-corrected chi connectivity index (χ0v) is 9.64. The maximum atomic E-state index is 5.66. The molecule has 60 valence electrons. The van der Waals surface area contributed by atoms with Crippen molar-refractivity contribution >= 4 is 44.2 Å². The van der Waals surface area contributed by atoms with Gasteiger partial charge in [-0.3, -0.25) is 0 Å². The van der Waals surface area contributed by atoms with E-state index in [9.17, 15) is 0 Å². The summed E-state index contributed by atoms with van der Waals surface area (Å²) in [6, 6.07) is 3.72. The summed E-state index contributed by atoms with van der Waals surface area (Å²) in [5.41, 5.74) is 6.40. The lowest BCUT2D eigenvalue weighted by molar-refractivity contribution is 0.412. The van der Waals surface area contributed by atoms with Crippen LogP contribution in [0.1, 0.15) is 0 Å². The molecule has 1 rings (SSSR count). The molecule has 0 amide bonds. The van der Waals surface area contributed by atoms with Crippen LogP contribution in [-0.4, -0.2) is 7.11 Å². The van der Waals surface area contributed by atoms with E-state index in [2.05, 4.69) is 38.5 Å². The Hall–Kier alpha value is 0.0300. The van der Waals surface area contributed by atoms with E-state index in [-0.39, 0.29) is 0 Å². The number of hydrogen-bond acceptors (Lipinski definition) is 2. The highest BCUT2D eigenvalue weighted by Gasteiger charge is 2.03. The van der Waals surface area contributed by atoms with Crippen molar-refractivity contribution in [2.45, 2.75) is 0 Å². The molecule has 11 heavy (non-hydrogen) atoms. The first-order chi connectivity index (χ1) is 5.15. The van der Waals surface area contributed by atoms with Crippen LogP contribution in [0, 0.1) is 3.57 Å². The summed E-state index contributed by atoms with van der Waals surface area (Å²) in [5.74, 6) is 0.767. The number of methoxy groups -OCH3 is 1. The Morgan fingerprint density at radius 3 is 2.73 bits per heavy atom. The first-order valence-electron chi connectivity index (χ1n) is 2.93. The molecule has 0 saturated carbocycles. The van der Waals surface area contributed by atoms with E-state index in [4.69, 9.17) is 10.5 Å². The van der Waals surface area contributed by atoms with Gasteiger partial charge in [0.15, 0.2) is 0 Å². The number of ether oxygens (including phenoxy) is 1. The molecule has 0 aliphatic rings. The van der Waals surface area contributed by atoms with Gasteiger partial charge in [-0.15, -0.1) is 0 Å². The van der Waals surface area contributed by atoms with Gasteiger partial charge in [0.1, 0.15) is 5.75 Å². The lowest BCUT2D eigenvalue weighted by atomic mass is 10.3. The molecule has 1 aromatic rings. The fourth-order valence-corrected chi connectivity index (χ4v) is 2.10. The average molecular weight is 328 g/mol. The standard InChI is InChI=1S/C7H7BrINO/c1-11-7-3-6(10)5(9)2-4(7)8/h2-3H,10H2,1H3. The lowest BCUT2D eigenvalue weighted by Gasteiger charge is -2.05. The van der Waals surface area contributed by atoms with Crippen molar-refractivity contribution in [3.63, 3.8) is 0 Å². The van der Waals surface area contributed by atoms with Gasteiger partial charge in [-0.2, -0.15) is 0 Å². The molecule has 0 aromatic heterocycles. The first kappa shape index (κ1) is 9.12. The number of rotatable bonds is 1. The molecule has 0 bridgehead atoms. The second-order valence-corrected chi connectivity index (χ2v) is 4.02. The molecule has 0 aliphatic heterocycles. The zero-order chi connectivity index (χ0) is 8.43. The summed E-state index contributed by atoms with van der Waals surface area (Å²) >= 11 is 5.53. The van der Waals surface area contributed by atoms with Crippen molar-refractivity contribution in [1.82, 2.24) is 0 Å². The summed E-state index contributed by atoms with van der Waals surface area (Å²) in [6.07, 6.45) is 0. The largest absolute Gasteiger partial charge is 0.495 e. The maximum Gasteiger partial charge on any atom is 0.135 e. The van der Waals surface area contributed by atoms with Crippen LogP contribution >= 0.6 is 38.5 Å². The van der Waals surface area contributed by atoms with Crippen molar-refractivity contribution in [3.05, 3.63) is 20.2 Å². The third-order valence-electron chi connectivity index (χ3n) is 1.27. The molecule has 4 heteroatoms. The van der Waals surface area contributed by atoms with Crippen molar-refractivity contribution in [1.29, 1.82) is 0 Å². The van der Waals surface area contributed by atoms with Crippen LogP contribution < -0.4 is 10.5 Å². The monoisotopic (exact) mass is 327 g/mol. The van der Waals surface area contributed by atoms with Crippen LogP contribution in [0.4, 0.5) is 5.69 Å². The molecule has 0 saturated heterocycles. The second-order valence-electron chi connectivity index (χ2n) is 2.01. The summed E-state index contributed by atoms with van der Waals surface area (Å²) in [4.78, 5) is 0. The SMILES string of the molecule is COc1cc(N)c(I)cc1Br. The zero-order valence-electron chi connectivity index (χ0n) is 5.90. The van der Waals surface area contributed by atoms with E-state index in [1.165, 1.54) is 0 Å². The van der Waals surface area contributed by atoms with Gasteiger partial charge in [0.2, 0.25) is 0 Å². The molecular weight excluding hydrogens is 321 g/mol. The van der Waals surface area contributed by atoms with Crippen molar-refractivity contribution in [3.8, 4) is 5.75 Å². The van der Waals surface area contributed by atoms with Gasteiger partial charge in [0.05, 0.1) is 11.6 Å². The molecule has 0 heterocycles. The minimum absolute atomic E-state index is 0.741. The molecule has 0 spiro atoms. The van der Waals surface area contributed by atoms with E-state index in [1.54, 1.807) is 13.2 Å². The number of nitrogen functional groups attached to an aromatic ring is 1. The van der Waals surface area contributed by atoms with Gasteiger partial charge in [0, 0.05) is 15.3 Å². The van der Waals surface area contributed by atoms with Crippen molar-refractivity contribution in [2.75, 3.05) is 12.8 Å². The summed E-state index contributed by atoms with van der Waals surface area (Å²) in [5, 5.41) is 0. The minimum Gasteiger partial charge on any atom is -0.495 e. The Bertz CT molecular complexity index is 277. The smallest absolute Gasteiger partial charge is 0.135 e. The van der Waals surface area contributed by atoms with Gasteiger partial charge in [-0.05, 0) is 44.6 Å². The minimum atomic E-state index is 0.741. The third kappa shape index (κ3) is 1.99. The topological polar surface area (TPSA) is 35.2 Å². The van der Waals surface area contributed by atoms with Gasteiger partial charge in [-0.1, -0.05) is 0 Å². The van der Waals surface area contributed by atoms with Crippen LogP contribution in [0.15, 0.2) is 16.6 Å². The Morgan fingerprint density at radius 2 is 2.18 bits per heavy atom. The molecule has 0 aliphatic carbocycles. The van der Waals surface area contributed by atoms with Crippen molar-refractivity contribution < 1.29 is 4.74 Å². The van der Waals surface area contributed by atoms with Crippen LogP contribution in [0.3, 0.4) is 0 Å². The van der Waals surface area contributed by atoms with Gasteiger partial charge in [0.25, 0.3) is 0 Å². The average Bonchev–Trinajstić information content (AvgIpc) is 1.97. The molecule has 0 unspecified atom stereocenters. The number of anilines is 1. The predicted octanol–water partition coefficient (Wildman–Crippen LogP) is 2.64. The number of hydrogen-bond donors (Lipinski definition) is 1. The fraction of sp³-hybridized carbons (Fsp3) is 0.143. The Labute approximate surface area is 87.4 Å². The van der Waals surface area contributed by atoms with E-state index < -0.39 is 0 Å². The third-order valence-corrected chi connectivity index (χ3v) is 2.83. The molecule has 0 radical (unpaired) electrons. The predicted molar refractivity (Wildman–Crippen MR) is 57.8 cm³/mol. The van der Waals surface area contributed by atoms with E-state index in [0.717, 1.165) is 19.5 Å². The Kier molecular flexibility index (Phi) is 3.00. The summed E-state index contributed by atoms with van der Waals surface area (Å²) < 4.78 is 7.00. The molecule has 0 fully saturated rings. The number of nitrogens with two attached hydrogens (primary N) is 1. The molecule has 0 atom stereocenters. The van der Waals surface area contributed by atoms with Crippen LogP contribution in [0.5, 0.6) is 5.75 Å². The highest BCUT2D eigenvalue weighted by atomic mass is 127. The summed E-state index contributed by atoms with van der Waals surface area (Å²) in [6.45, 7) is 0. The quantitative estimate of drug-likeness (QED) is 0.635. The fourth-order valence-electron chi connectivity index (χ4n) is 0.701. The highest BCUT2D eigenvalue weighted by molar-refractivity contribution is 14.1. The van der Waals surface area contributed by atoms with Crippen LogP contribution in [0.25, 0.3) is 0 Å². The van der Waals surface area contributed by atoms with Gasteiger partial charge >= 0.3 is 0 Å². The van der Waals surface area contributed by atoms with E-state index in [1.807, 2.05) is 6.07 Å². The Balaban J connectivity index is 3.21. The highest BCUT2D eigenvalue weighted by Crippen LogP contribution is 2.30. The summed E-state index contributed by atoms with van der Waals surface area (Å²) in [7, 11) is 1.62. The number of halogens is 2. The van der Waals surface area contributed by atoms with Crippen LogP contribution in [0.2, 0.25) is 0 Å². The first-order valence-corrected chi connectivity index (χ1v) is 4.81. The van der Waals surface area contributed by atoms with Crippen molar-refractivity contribution in [2.24, 2.45) is 0 Å². The Morgan fingerprint density at radius 1 is 1.55 bits per heavy atom. The normalized spacial score (nSPS) is 9.73. The molecule has 1 aromatic carbocycles. The van der Waals surface area contributed by atoms with Gasteiger partial charge < -0.3 is 10.5 Å².